The van der Waals surface area contributed by atoms with Gasteiger partial charge in [0.2, 0.25) is 0 Å². The summed E-state index contributed by atoms with van der Waals surface area (Å²) in [5.41, 5.74) is 1.28. The predicted molar refractivity (Wildman–Crippen MR) is 78.0 cm³/mol. The second-order valence-corrected chi connectivity index (χ2v) is 5.11. The monoisotopic (exact) mass is 249 g/mol. The molecule has 0 saturated heterocycles. The minimum Gasteiger partial charge on any atom is -0.494 e. The van der Waals surface area contributed by atoms with Crippen LogP contribution < -0.4 is 10.1 Å². The van der Waals surface area contributed by atoms with Gasteiger partial charge in [0.05, 0.1) is 6.61 Å². The van der Waals surface area contributed by atoms with Gasteiger partial charge in [0.25, 0.3) is 0 Å². The Morgan fingerprint density at radius 1 is 1.11 bits per heavy atom. The molecule has 0 aromatic heterocycles. The van der Waals surface area contributed by atoms with Crippen molar-refractivity contribution in [2.75, 3.05) is 13.2 Å². The molecule has 0 saturated carbocycles. The van der Waals surface area contributed by atoms with Crippen molar-refractivity contribution in [2.45, 2.75) is 40.7 Å². The van der Waals surface area contributed by atoms with Crippen LogP contribution in [0.2, 0.25) is 0 Å². The lowest BCUT2D eigenvalue weighted by Gasteiger charge is -2.29. The zero-order valence-corrected chi connectivity index (χ0v) is 12.4. The normalized spacial score (nSPS) is 14.6. The predicted octanol–water partition coefficient (Wildman–Crippen LogP) is 4.03. The zero-order chi connectivity index (χ0) is 13.5. The number of ether oxygens (including phenoxy) is 1. The van der Waals surface area contributed by atoms with E-state index >= 15 is 0 Å². The molecule has 2 atom stereocenters. The fourth-order valence-corrected chi connectivity index (χ4v) is 2.21. The topological polar surface area (TPSA) is 21.3 Å². The van der Waals surface area contributed by atoms with Gasteiger partial charge in [-0.05, 0) is 31.4 Å². The van der Waals surface area contributed by atoms with E-state index < -0.39 is 0 Å². The van der Waals surface area contributed by atoms with Crippen LogP contribution >= 0.6 is 0 Å². The molecule has 0 aliphatic heterocycles. The fraction of sp³-hybridized carbons (Fsp3) is 0.625. The number of benzene rings is 1. The maximum atomic E-state index is 5.75. The van der Waals surface area contributed by atoms with Crippen molar-refractivity contribution in [3.05, 3.63) is 29.8 Å². The van der Waals surface area contributed by atoms with Crippen LogP contribution in [-0.4, -0.2) is 13.2 Å². The van der Waals surface area contributed by atoms with Gasteiger partial charge < -0.3 is 10.1 Å². The van der Waals surface area contributed by atoms with Gasteiger partial charge in [-0.2, -0.15) is 0 Å². The lowest BCUT2D eigenvalue weighted by molar-refractivity contribution is 0.287. The highest BCUT2D eigenvalue weighted by Crippen LogP contribution is 2.33. The Balaban J connectivity index is 3.04. The minimum absolute atomic E-state index is 0.359. The summed E-state index contributed by atoms with van der Waals surface area (Å²) >= 11 is 0. The standard InChI is InChI=1S/C16H27NO/c1-6-17-16(13(5)12(3)4)14-10-8-9-11-15(14)18-7-2/h8-13,16-17H,6-7H2,1-5H3. The lowest BCUT2D eigenvalue weighted by atomic mass is 9.85. The molecule has 0 heterocycles. The van der Waals surface area contributed by atoms with E-state index in [1.54, 1.807) is 0 Å². The van der Waals surface area contributed by atoms with E-state index in [0.717, 1.165) is 12.3 Å². The molecule has 18 heavy (non-hydrogen) atoms. The van der Waals surface area contributed by atoms with Gasteiger partial charge in [-0.25, -0.2) is 0 Å². The zero-order valence-electron chi connectivity index (χ0n) is 12.4. The highest BCUT2D eigenvalue weighted by Gasteiger charge is 2.23. The summed E-state index contributed by atoms with van der Waals surface area (Å²) in [5, 5.41) is 3.60. The number of hydrogen-bond acceptors (Lipinski definition) is 2. The number of nitrogens with one attached hydrogen (secondary N) is 1. The molecule has 1 aromatic carbocycles. The third-order valence-corrected chi connectivity index (χ3v) is 3.56. The molecule has 2 heteroatoms. The Labute approximate surface area is 112 Å². The molecule has 1 N–H and O–H groups in total. The summed E-state index contributed by atoms with van der Waals surface area (Å²) < 4.78 is 5.75. The van der Waals surface area contributed by atoms with Crippen LogP contribution in [0.4, 0.5) is 0 Å². The molecule has 2 unspecified atom stereocenters. The van der Waals surface area contributed by atoms with Crippen molar-refractivity contribution in [1.29, 1.82) is 0 Å². The van der Waals surface area contributed by atoms with Gasteiger partial charge in [0.1, 0.15) is 5.75 Å². The molecule has 102 valence electrons. The van der Waals surface area contributed by atoms with Crippen molar-refractivity contribution in [1.82, 2.24) is 5.32 Å². The van der Waals surface area contributed by atoms with Crippen LogP contribution in [0.25, 0.3) is 0 Å². The van der Waals surface area contributed by atoms with E-state index in [1.165, 1.54) is 5.56 Å². The molecule has 0 amide bonds. The molecular weight excluding hydrogens is 222 g/mol. The molecule has 0 aliphatic rings. The average molecular weight is 249 g/mol. The Kier molecular flexibility index (Phi) is 6.20. The quantitative estimate of drug-likeness (QED) is 0.788. The first-order chi connectivity index (χ1) is 8.61. The van der Waals surface area contributed by atoms with Gasteiger partial charge in [-0.15, -0.1) is 0 Å². The Morgan fingerprint density at radius 3 is 2.33 bits per heavy atom. The summed E-state index contributed by atoms with van der Waals surface area (Å²) in [5.74, 6) is 2.23. The molecule has 1 aromatic rings. The summed E-state index contributed by atoms with van der Waals surface area (Å²) in [6, 6.07) is 8.73. The van der Waals surface area contributed by atoms with Gasteiger partial charge in [0.15, 0.2) is 0 Å². The summed E-state index contributed by atoms with van der Waals surface area (Å²) in [6.45, 7) is 12.7. The van der Waals surface area contributed by atoms with E-state index in [1.807, 2.05) is 13.0 Å². The summed E-state index contributed by atoms with van der Waals surface area (Å²) in [6.07, 6.45) is 0. The first kappa shape index (κ1) is 15.0. The third-order valence-electron chi connectivity index (χ3n) is 3.56. The van der Waals surface area contributed by atoms with Gasteiger partial charge in [0, 0.05) is 11.6 Å². The molecule has 0 bridgehead atoms. The van der Waals surface area contributed by atoms with Crippen molar-refractivity contribution in [3.63, 3.8) is 0 Å². The van der Waals surface area contributed by atoms with Crippen LogP contribution in [-0.2, 0) is 0 Å². The maximum absolute atomic E-state index is 5.75. The number of hydrogen-bond donors (Lipinski definition) is 1. The lowest BCUT2D eigenvalue weighted by Crippen LogP contribution is -2.29. The van der Waals surface area contributed by atoms with Crippen LogP contribution in [0, 0.1) is 11.8 Å². The largest absolute Gasteiger partial charge is 0.494 e. The minimum atomic E-state index is 0.359. The third kappa shape index (κ3) is 3.74. The number of para-hydroxylation sites is 1. The van der Waals surface area contributed by atoms with Gasteiger partial charge in [-0.3, -0.25) is 0 Å². The van der Waals surface area contributed by atoms with E-state index in [2.05, 4.69) is 51.2 Å². The molecule has 0 fully saturated rings. The SMILES string of the molecule is CCNC(c1ccccc1OCC)C(C)C(C)C. The van der Waals surface area contributed by atoms with Crippen LogP contribution in [0.1, 0.15) is 46.2 Å². The molecular formula is C16H27NO. The highest BCUT2D eigenvalue weighted by molar-refractivity contribution is 5.36. The summed E-state index contributed by atoms with van der Waals surface area (Å²) in [4.78, 5) is 0. The molecule has 2 nitrogen and oxygen atoms in total. The van der Waals surface area contributed by atoms with Crippen molar-refractivity contribution < 1.29 is 4.74 Å². The van der Waals surface area contributed by atoms with E-state index in [-0.39, 0.29) is 0 Å². The first-order valence-corrected chi connectivity index (χ1v) is 7.06. The van der Waals surface area contributed by atoms with Crippen LogP contribution in [0.3, 0.4) is 0 Å². The highest BCUT2D eigenvalue weighted by atomic mass is 16.5. The van der Waals surface area contributed by atoms with E-state index in [4.69, 9.17) is 4.74 Å². The molecule has 0 aliphatic carbocycles. The average Bonchev–Trinajstić information content (AvgIpc) is 2.36. The van der Waals surface area contributed by atoms with Gasteiger partial charge in [-0.1, -0.05) is 45.9 Å². The van der Waals surface area contributed by atoms with Crippen LogP contribution in [0.5, 0.6) is 5.75 Å². The number of rotatable bonds is 7. The second-order valence-electron chi connectivity index (χ2n) is 5.11. The van der Waals surface area contributed by atoms with Crippen molar-refractivity contribution in [3.8, 4) is 5.75 Å². The Hall–Kier alpha value is -1.02. The van der Waals surface area contributed by atoms with Crippen molar-refractivity contribution in [2.24, 2.45) is 11.8 Å². The van der Waals surface area contributed by atoms with Gasteiger partial charge >= 0.3 is 0 Å². The maximum Gasteiger partial charge on any atom is 0.124 e. The molecule has 0 spiro atoms. The Bertz CT molecular complexity index is 349. The second kappa shape index (κ2) is 7.42. The smallest absolute Gasteiger partial charge is 0.124 e. The van der Waals surface area contributed by atoms with Crippen LogP contribution in [0.15, 0.2) is 24.3 Å². The molecule has 0 radical (unpaired) electrons. The fourth-order valence-electron chi connectivity index (χ4n) is 2.21. The Morgan fingerprint density at radius 2 is 1.78 bits per heavy atom. The molecule has 1 rings (SSSR count). The van der Waals surface area contributed by atoms with E-state index in [9.17, 15) is 0 Å². The van der Waals surface area contributed by atoms with E-state index in [0.29, 0.717) is 24.5 Å². The first-order valence-electron chi connectivity index (χ1n) is 7.06. The van der Waals surface area contributed by atoms with Crippen molar-refractivity contribution >= 4 is 0 Å². The summed E-state index contributed by atoms with van der Waals surface area (Å²) in [7, 11) is 0.